The van der Waals surface area contributed by atoms with E-state index in [-0.39, 0.29) is 15.6 Å². The molecule has 0 N–H and O–H groups in total. The molecule has 158 valence electrons. The Labute approximate surface area is 193 Å². The summed E-state index contributed by atoms with van der Waals surface area (Å²) in [6.45, 7) is 0.773. The number of pyridine rings is 1. The standard InChI is InChI=1S/C23H17Cl3N2O3/c24-16-5-7-19(26)18(11-16)22(30)21(28-13-17(25)6-8-20(28)29)23(31)27-10-9-14-3-1-2-4-15(14)12-27/h1-8,11,13,21H,9-10,12H2. The number of ketones is 1. The molecular formula is C23H17Cl3N2O3. The van der Waals surface area contributed by atoms with E-state index in [9.17, 15) is 14.4 Å². The van der Waals surface area contributed by atoms with Gasteiger partial charge in [0.25, 0.3) is 11.5 Å². The molecule has 1 aromatic heterocycles. The second kappa shape index (κ2) is 8.87. The van der Waals surface area contributed by atoms with Crippen molar-refractivity contribution in [2.24, 2.45) is 0 Å². The fourth-order valence-corrected chi connectivity index (χ4v) is 4.28. The molecule has 31 heavy (non-hydrogen) atoms. The highest BCUT2D eigenvalue weighted by molar-refractivity contribution is 6.36. The van der Waals surface area contributed by atoms with Gasteiger partial charge in [0.05, 0.1) is 10.0 Å². The number of hydrogen-bond donors (Lipinski definition) is 0. The quantitative estimate of drug-likeness (QED) is 0.402. The summed E-state index contributed by atoms with van der Waals surface area (Å²) in [5, 5.41) is 0.668. The molecule has 0 fully saturated rings. The van der Waals surface area contributed by atoms with Gasteiger partial charge in [-0.2, -0.15) is 0 Å². The van der Waals surface area contributed by atoms with Gasteiger partial charge < -0.3 is 4.90 Å². The molecule has 0 saturated carbocycles. The molecule has 1 aliphatic rings. The predicted octanol–water partition coefficient (Wildman–Crippen LogP) is 4.82. The zero-order chi connectivity index (χ0) is 22.1. The van der Waals surface area contributed by atoms with Gasteiger partial charge in [-0.1, -0.05) is 59.1 Å². The van der Waals surface area contributed by atoms with Gasteiger partial charge >= 0.3 is 0 Å². The van der Waals surface area contributed by atoms with Crippen LogP contribution in [0.15, 0.2) is 65.6 Å². The van der Waals surface area contributed by atoms with Crippen molar-refractivity contribution in [2.75, 3.05) is 6.54 Å². The van der Waals surface area contributed by atoms with Crippen LogP contribution in [0.2, 0.25) is 15.1 Å². The number of hydrogen-bond acceptors (Lipinski definition) is 3. The van der Waals surface area contributed by atoms with Crippen LogP contribution in [-0.4, -0.2) is 27.7 Å². The molecule has 2 heterocycles. The van der Waals surface area contributed by atoms with E-state index >= 15 is 0 Å². The van der Waals surface area contributed by atoms with Crippen molar-refractivity contribution in [1.82, 2.24) is 9.47 Å². The van der Waals surface area contributed by atoms with Crippen LogP contribution in [0.3, 0.4) is 0 Å². The average molecular weight is 476 g/mol. The Balaban J connectivity index is 1.78. The average Bonchev–Trinajstić information content (AvgIpc) is 2.77. The minimum atomic E-state index is -1.45. The number of amides is 1. The lowest BCUT2D eigenvalue weighted by Gasteiger charge is -2.32. The van der Waals surface area contributed by atoms with E-state index < -0.39 is 23.3 Å². The molecule has 8 heteroatoms. The molecule has 1 atom stereocenters. The third-order valence-corrected chi connectivity index (χ3v) is 6.09. The lowest BCUT2D eigenvalue weighted by atomic mass is 9.97. The first-order chi connectivity index (χ1) is 14.8. The van der Waals surface area contributed by atoms with E-state index in [0.717, 1.165) is 15.7 Å². The zero-order valence-electron chi connectivity index (χ0n) is 16.2. The molecule has 0 spiro atoms. The summed E-state index contributed by atoms with van der Waals surface area (Å²) in [7, 11) is 0. The number of nitrogens with zero attached hydrogens (tertiary/aromatic N) is 2. The van der Waals surface area contributed by atoms with E-state index in [1.54, 1.807) is 11.0 Å². The molecule has 3 aromatic rings. The Hall–Kier alpha value is -2.60. The van der Waals surface area contributed by atoms with Crippen molar-refractivity contribution < 1.29 is 9.59 Å². The summed E-state index contributed by atoms with van der Waals surface area (Å²) in [6, 6.07) is 13.4. The van der Waals surface area contributed by atoms with Crippen molar-refractivity contribution in [1.29, 1.82) is 0 Å². The van der Waals surface area contributed by atoms with Crippen LogP contribution < -0.4 is 5.56 Å². The van der Waals surface area contributed by atoms with E-state index in [2.05, 4.69) is 0 Å². The van der Waals surface area contributed by atoms with Crippen molar-refractivity contribution >= 4 is 46.5 Å². The lowest BCUT2D eigenvalue weighted by Crippen LogP contribution is -2.45. The minimum absolute atomic E-state index is 0.0665. The van der Waals surface area contributed by atoms with Crippen LogP contribution in [0.1, 0.15) is 27.5 Å². The van der Waals surface area contributed by atoms with Gasteiger partial charge in [-0.05, 0) is 41.8 Å². The first kappa shape index (κ1) is 21.6. The van der Waals surface area contributed by atoms with Crippen molar-refractivity contribution in [3.05, 3.63) is 103 Å². The van der Waals surface area contributed by atoms with Crippen LogP contribution in [0.25, 0.3) is 0 Å². The zero-order valence-corrected chi connectivity index (χ0v) is 18.5. The summed E-state index contributed by atoms with van der Waals surface area (Å²) < 4.78 is 1.06. The molecule has 0 radical (unpaired) electrons. The lowest BCUT2D eigenvalue weighted by molar-refractivity contribution is -0.134. The molecule has 1 unspecified atom stereocenters. The van der Waals surface area contributed by atoms with Crippen molar-refractivity contribution in [3.8, 4) is 0 Å². The number of rotatable bonds is 4. The van der Waals surface area contributed by atoms with Gasteiger partial charge in [0.1, 0.15) is 0 Å². The number of Topliss-reactive ketones (excluding diaryl/α,β-unsaturated/α-hetero) is 1. The molecule has 4 rings (SSSR count). The second-order valence-corrected chi connectivity index (χ2v) is 8.54. The number of aromatic nitrogens is 1. The smallest absolute Gasteiger partial charge is 0.254 e. The highest BCUT2D eigenvalue weighted by Gasteiger charge is 2.36. The monoisotopic (exact) mass is 474 g/mol. The minimum Gasteiger partial charge on any atom is -0.336 e. The summed E-state index contributed by atoms with van der Waals surface area (Å²) in [5.41, 5.74) is 1.71. The Morgan fingerprint density at radius 2 is 1.61 bits per heavy atom. The summed E-state index contributed by atoms with van der Waals surface area (Å²) >= 11 is 18.4. The first-order valence-corrected chi connectivity index (χ1v) is 10.7. The van der Waals surface area contributed by atoms with Gasteiger partial charge in [0.15, 0.2) is 11.8 Å². The van der Waals surface area contributed by atoms with Gasteiger partial charge in [0, 0.05) is 35.9 Å². The molecule has 0 aliphatic carbocycles. The van der Waals surface area contributed by atoms with Gasteiger partial charge in [-0.25, -0.2) is 0 Å². The van der Waals surface area contributed by atoms with Crippen LogP contribution in [0.5, 0.6) is 0 Å². The van der Waals surface area contributed by atoms with Crippen LogP contribution >= 0.6 is 34.8 Å². The fourth-order valence-electron chi connectivity index (χ4n) is 3.73. The van der Waals surface area contributed by atoms with E-state index in [1.807, 2.05) is 24.3 Å². The Morgan fingerprint density at radius 1 is 0.903 bits per heavy atom. The van der Waals surface area contributed by atoms with Gasteiger partial charge in [-0.15, -0.1) is 0 Å². The second-order valence-electron chi connectivity index (χ2n) is 7.26. The summed E-state index contributed by atoms with van der Waals surface area (Å²) in [5.74, 6) is -1.12. The Morgan fingerprint density at radius 3 is 2.39 bits per heavy atom. The maximum Gasteiger partial charge on any atom is 0.254 e. The Kier molecular flexibility index (Phi) is 6.19. The molecular weight excluding hydrogens is 459 g/mol. The topological polar surface area (TPSA) is 59.4 Å². The number of fused-ring (bicyclic) bond motifs is 1. The molecule has 2 aromatic carbocycles. The highest BCUT2D eigenvalue weighted by Crippen LogP contribution is 2.28. The number of halogens is 3. The third kappa shape index (κ3) is 4.40. The van der Waals surface area contributed by atoms with Crippen molar-refractivity contribution in [3.63, 3.8) is 0 Å². The van der Waals surface area contributed by atoms with E-state index in [1.165, 1.54) is 30.5 Å². The largest absolute Gasteiger partial charge is 0.336 e. The van der Waals surface area contributed by atoms with E-state index in [4.69, 9.17) is 34.8 Å². The predicted molar refractivity (Wildman–Crippen MR) is 121 cm³/mol. The van der Waals surface area contributed by atoms with Crippen molar-refractivity contribution in [2.45, 2.75) is 19.0 Å². The molecule has 5 nitrogen and oxygen atoms in total. The molecule has 0 bridgehead atoms. The molecule has 1 aliphatic heterocycles. The molecule has 1 amide bonds. The van der Waals surface area contributed by atoms with Crippen LogP contribution in [0.4, 0.5) is 0 Å². The SMILES string of the molecule is O=C(c1cc(Cl)ccc1Cl)C(C(=O)N1CCc2ccccc2C1)n1cc(Cl)ccc1=O. The highest BCUT2D eigenvalue weighted by atomic mass is 35.5. The fraction of sp³-hybridized carbons (Fsp3) is 0.174. The number of carbonyl (C=O) groups is 2. The number of benzene rings is 2. The maximum atomic E-state index is 13.6. The first-order valence-electron chi connectivity index (χ1n) is 9.57. The van der Waals surface area contributed by atoms with Crippen LogP contribution in [0, 0.1) is 0 Å². The van der Waals surface area contributed by atoms with Crippen LogP contribution in [-0.2, 0) is 17.8 Å². The van der Waals surface area contributed by atoms with Gasteiger partial charge in [-0.3, -0.25) is 19.0 Å². The normalized spacial score (nSPS) is 14.1. The maximum absolute atomic E-state index is 13.6. The van der Waals surface area contributed by atoms with E-state index in [0.29, 0.717) is 24.5 Å². The van der Waals surface area contributed by atoms with Gasteiger partial charge in [0.2, 0.25) is 0 Å². The molecule has 0 saturated heterocycles. The Bertz CT molecular complexity index is 1240. The number of carbonyl (C=O) groups excluding carboxylic acids is 2. The summed E-state index contributed by atoms with van der Waals surface area (Å²) in [6.07, 6.45) is 1.95. The summed E-state index contributed by atoms with van der Waals surface area (Å²) in [4.78, 5) is 41.3. The third-order valence-electron chi connectivity index (χ3n) is 5.30.